The molecule has 0 saturated carbocycles. The summed E-state index contributed by atoms with van der Waals surface area (Å²) in [5, 5.41) is 13.8. The van der Waals surface area contributed by atoms with Gasteiger partial charge in [-0.2, -0.15) is 5.26 Å². The minimum absolute atomic E-state index is 0.421. The summed E-state index contributed by atoms with van der Waals surface area (Å²) in [6, 6.07) is 54.3. The molecule has 10 aromatic rings. The van der Waals surface area contributed by atoms with E-state index in [0.29, 0.717) is 28.7 Å². The summed E-state index contributed by atoms with van der Waals surface area (Å²) in [7, 11) is 0. The second-order valence-corrected chi connectivity index (χ2v) is 13.0. The maximum Gasteiger partial charge on any atom is 0.190 e. The molecule has 0 unspecified atom stereocenters. The summed E-state index contributed by atoms with van der Waals surface area (Å²) in [6.07, 6.45) is 0. The second-order valence-electron chi connectivity index (χ2n) is 13.0. The summed E-state index contributed by atoms with van der Waals surface area (Å²) in [4.78, 5) is 18.6. The Morgan fingerprint density at radius 2 is 1.20 bits per heavy atom. The Hall–Kier alpha value is -7.87. The first-order chi connectivity index (χ1) is 26.7. The number of aromatic nitrogens is 4. The number of hydrogen-bond donors (Lipinski definition) is 0. The molecule has 10 rings (SSSR count). The highest BCUT2D eigenvalue weighted by Gasteiger charge is 2.20. The molecule has 0 fully saturated rings. The third-order valence-corrected chi connectivity index (χ3v) is 9.86. The van der Waals surface area contributed by atoms with Crippen molar-refractivity contribution in [2.24, 2.45) is 0 Å². The number of nitrogens with zero attached hydrogens (tertiary/aromatic N) is 6. The third kappa shape index (κ3) is 5.00. The summed E-state index contributed by atoms with van der Waals surface area (Å²) in [5.74, 6) is 1.75. The molecule has 0 spiro atoms. The van der Waals surface area contributed by atoms with Crippen LogP contribution in [0.1, 0.15) is 5.56 Å². The largest absolute Gasteiger partial charge is 0.456 e. The SMILES string of the molecule is [C-]#[N+]c1cc(C#N)cc(-n2c3ccccc3c3c(-c4ccc5oc6cccc(-c7nc(-c8ccccc8)nc(-c8ccccc8)n7)c6c5c4)cccc32)c1. The zero-order valence-electron chi connectivity index (χ0n) is 28.6. The van der Waals surface area contributed by atoms with Gasteiger partial charge in [0.05, 0.1) is 23.7 Å². The van der Waals surface area contributed by atoms with E-state index in [9.17, 15) is 5.26 Å². The van der Waals surface area contributed by atoms with E-state index in [1.54, 1.807) is 6.07 Å². The first kappa shape index (κ1) is 30.9. The molecule has 0 bridgehead atoms. The van der Waals surface area contributed by atoms with E-state index in [1.165, 1.54) is 0 Å². The number of furan rings is 1. The Bertz CT molecular complexity index is 3090. The van der Waals surface area contributed by atoms with Gasteiger partial charge in [-0.05, 0) is 59.7 Å². The first-order valence-corrected chi connectivity index (χ1v) is 17.4. The summed E-state index contributed by atoms with van der Waals surface area (Å²) in [5.41, 5.74) is 9.83. The smallest absolute Gasteiger partial charge is 0.190 e. The van der Waals surface area contributed by atoms with Crippen molar-refractivity contribution in [3.63, 3.8) is 0 Å². The van der Waals surface area contributed by atoms with Crippen LogP contribution < -0.4 is 0 Å². The van der Waals surface area contributed by atoms with Crippen LogP contribution in [0.4, 0.5) is 5.69 Å². The Morgan fingerprint density at radius 1 is 0.537 bits per heavy atom. The third-order valence-electron chi connectivity index (χ3n) is 9.86. The lowest BCUT2D eigenvalue weighted by atomic mass is 9.97. The van der Waals surface area contributed by atoms with E-state index in [2.05, 4.69) is 57.9 Å². The zero-order valence-corrected chi connectivity index (χ0v) is 28.6. The fourth-order valence-electron chi connectivity index (χ4n) is 7.50. The molecule has 0 saturated heterocycles. The van der Waals surface area contributed by atoms with Gasteiger partial charge in [-0.25, -0.2) is 19.8 Å². The molecule has 0 amide bonds. The van der Waals surface area contributed by atoms with Crippen LogP contribution in [0.25, 0.3) is 99.6 Å². The Balaban J connectivity index is 1.20. The average Bonchev–Trinajstić information content (AvgIpc) is 3.79. The Labute approximate surface area is 309 Å². The highest BCUT2D eigenvalue weighted by molar-refractivity contribution is 6.18. The normalized spacial score (nSPS) is 11.3. The molecule has 7 heteroatoms. The minimum Gasteiger partial charge on any atom is -0.456 e. The van der Waals surface area contributed by atoms with Gasteiger partial charge in [0, 0.05) is 49.5 Å². The van der Waals surface area contributed by atoms with Gasteiger partial charge >= 0.3 is 0 Å². The molecule has 0 N–H and O–H groups in total. The van der Waals surface area contributed by atoms with E-state index in [4.69, 9.17) is 25.9 Å². The van der Waals surface area contributed by atoms with Gasteiger partial charge in [-0.15, -0.1) is 0 Å². The summed E-state index contributed by atoms with van der Waals surface area (Å²) < 4.78 is 8.61. The van der Waals surface area contributed by atoms with Crippen molar-refractivity contribution in [2.45, 2.75) is 0 Å². The van der Waals surface area contributed by atoms with Gasteiger partial charge in [0.25, 0.3) is 0 Å². The lowest BCUT2D eigenvalue weighted by Gasteiger charge is -2.10. The van der Waals surface area contributed by atoms with E-state index >= 15 is 0 Å². The predicted octanol–water partition coefficient (Wildman–Crippen LogP) is 12.0. The molecule has 0 aliphatic heterocycles. The first-order valence-electron chi connectivity index (χ1n) is 17.4. The molecule has 250 valence electrons. The number of hydrogen-bond acceptors (Lipinski definition) is 5. The lowest BCUT2D eigenvalue weighted by molar-refractivity contribution is 0.669. The van der Waals surface area contributed by atoms with E-state index in [-0.39, 0.29) is 0 Å². The monoisotopic (exact) mass is 690 g/mol. The molecule has 0 aliphatic carbocycles. The van der Waals surface area contributed by atoms with Gasteiger partial charge in [0.15, 0.2) is 23.2 Å². The van der Waals surface area contributed by atoms with E-state index in [0.717, 1.165) is 77.2 Å². The van der Waals surface area contributed by atoms with Crippen LogP contribution in [0.2, 0.25) is 0 Å². The van der Waals surface area contributed by atoms with E-state index < -0.39 is 0 Å². The number of benzene rings is 7. The minimum atomic E-state index is 0.421. The lowest BCUT2D eigenvalue weighted by Crippen LogP contribution is -2.00. The van der Waals surface area contributed by atoms with Crippen molar-refractivity contribution < 1.29 is 4.42 Å². The summed E-state index contributed by atoms with van der Waals surface area (Å²) >= 11 is 0. The average molecular weight is 691 g/mol. The molecule has 0 aliphatic rings. The fraction of sp³-hybridized carbons (Fsp3) is 0. The van der Waals surface area contributed by atoms with Crippen LogP contribution in [-0.4, -0.2) is 19.5 Å². The number of para-hydroxylation sites is 1. The number of fused-ring (bicyclic) bond motifs is 6. The fourth-order valence-corrected chi connectivity index (χ4v) is 7.50. The molecule has 3 aromatic heterocycles. The molecule has 0 radical (unpaired) electrons. The van der Waals surface area contributed by atoms with Crippen molar-refractivity contribution in [3.05, 3.63) is 175 Å². The molecule has 7 nitrogen and oxygen atoms in total. The maximum absolute atomic E-state index is 9.79. The second kappa shape index (κ2) is 12.4. The van der Waals surface area contributed by atoms with Crippen LogP contribution in [-0.2, 0) is 0 Å². The molecule has 3 heterocycles. The van der Waals surface area contributed by atoms with Crippen LogP contribution >= 0.6 is 0 Å². The van der Waals surface area contributed by atoms with E-state index in [1.807, 2.05) is 109 Å². The molecule has 7 aromatic carbocycles. The highest BCUT2D eigenvalue weighted by atomic mass is 16.3. The predicted molar refractivity (Wildman–Crippen MR) is 214 cm³/mol. The van der Waals surface area contributed by atoms with Crippen molar-refractivity contribution >= 4 is 49.4 Å². The van der Waals surface area contributed by atoms with Crippen molar-refractivity contribution in [3.8, 4) is 57.0 Å². The van der Waals surface area contributed by atoms with Gasteiger partial charge in [-0.1, -0.05) is 109 Å². The van der Waals surface area contributed by atoms with Gasteiger partial charge < -0.3 is 8.98 Å². The Morgan fingerprint density at radius 3 is 1.94 bits per heavy atom. The maximum atomic E-state index is 9.79. The van der Waals surface area contributed by atoms with Gasteiger partial charge in [0.2, 0.25) is 0 Å². The standard InChI is InChI=1S/C47H26N6O/c1-49-33-24-29(28-48)25-34(27-33)53-39-19-9-8-16-36(39)43-35(17-10-20-40(43)53)32-22-23-41-38(26-32)44-37(18-11-21-42(44)54-41)47-51-45(30-12-4-2-5-13-30)50-46(52-47)31-14-6-3-7-15-31/h2-27H. The van der Waals surface area contributed by atoms with Crippen LogP contribution in [0.3, 0.4) is 0 Å². The van der Waals surface area contributed by atoms with Crippen LogP contribution in [0.5, 0.6) is 0 Å². The highest BCUT2D eigenvalue weighted by Crippen LogP contribution is 2.42. The van der Waals surface area contributed by atoms with Crippen molar-refractivity contribution in [1.82, 2.24) is 19.5 Å². The van der Waals surface area contributed by atoms with Crippen molar-refractivity contribution in [2.75, 3.05) is 0 Å². The quantitative estimate of drug-likeness (QED) is 0.168. The number of rotatable bonds is 5. The molecule has 0 atom stereocenters. The topological polar surface area (TPSA) is 84.9 Å². The molecular weight excluding hydrogens is 665 g/mol. The molecule has 54 heavy (non-hydrogen) atoms. The zero-order chi connectivity index (χ0) is 36.2. The molecular formula is C47H26N6O. The van der Waals surface area contributed by atoms with Crippen LogP contribution in [0.15, 0.2) is 162 Å². The van der Waals surface area contributed by atoms with Crippen molar-refractivity contribution in [1.29, 1.82) is 5.26 Å². The van der Waals surface area contributed by atoms with Crippen LogP contribution in [0, 0.1) is 17.9 Å². The number of nitriles is 1. The van der Waals surface area contributed by atoms with Gasteiger partial charge in [0.1, 0.15) is 11.2 Å². The summed E-state index contributed by atoms with van der Waals surface area (Å²) in [6.45, 7) is 7.68. The Kier molecular flexibility index (Phi) is 7.11. The van der Waals surface area contributed by atoms with Gasteiger partial charge in [-0.3, -0.25) is 0 Å².